The molecule has 0 atom stereocenters. The average molecular weight is 305 g/mol. The first-order valence-corrected chi connectivity index (χ1v) is 7.87. The first-order chi connectivity index (χ1) is 9.11. The van der Waals surface area contributed by atoms with Crippen LogP contribution in [0.3, 0.4) is 0 Å². The van der Waals surface area contributed by atoms with Crippen molar-refractivity contribution in [1.82, 2.24) is 10.3 Å². The van der Waals surface area contributed by atoms with Crippen molar-refractivity contribution in [2.45, 2.75) is 32.6 Å². The molecule has 19 heavy (non-hydrogen) atoms. The van der Waals surface area contributed by atoms with Gasteiger partial charge in [0.25, 0.3) is 0 Å². The van der Waals surface area contributed by atoms with Gasteiger partial charge in [0, 0.05) is 18.5 Å². The number of ether oxygens (including phenoxy) is 1. The molecule has 1 rings (SSSR count). The van der Waals surface area contributed by atoms with Crippen LogP contribution in [0.4, 0.5) is 0 Å². The van der Waals surface area contributed by atoms with Crippen molar-refractivity contribution in [3.8, 4) is 0 Å². The zero-order chi connectivity index (χ0) is 14.1. The molecule has 1 amide bonds. The zero-order valence-corrected chi connectivity index (χ0v) is 13.0. The van der Waals surface area contributed by atoms with Crippen molar-refractivity contribution >= 4 is 28.8 Å². The van der Waals surface area contributed by atoms with E-state index in [-0.39, 0.29) is 5.91 Å². The van der Waals surface area contributed by atoms with Crippen LogP contribution >= 0.6 is 22.9 Å². The van der Waals surface area contributed by atoms with E-state index in [0.717, 1.165) is 23.7 Å². The highest BCUT2D eigenvalue weighted by Gasteiger charge is 2.07. The van der Waals surface area contributed by atoms with E-state index in [0.29, 0.717) is 31.4 Å². The number of hydrogen-bond acceptors (Lipinski definition) is 4. The van der Waals surface area contributed by atoms with Gasteiger partial charge in [0.05, 0.1) is 24.6 Å². The van der Waals surface area contributed by atoms with E-state index < -0.39 is 0 Å². The molecule has 0 saturated carbocycles. The van der Waals surface area contributed by atoms with Crippen LogP contribution < -0.4 is 5.32 Å². The summed E-state index contributed by atoms with van der Waals surface area (Å²) in [7, 11) is 0. The van der Waals surface area contributed by atoms with Gasteiger partial charge in [-0.1, -0.05) is 13.8 Å². The van der Waals surface area contributed by atoms with Crippen molar-refractivity contribution in [2.75, 3.05) is 19.8 Å². The Morgan fingerprint density at radius 2 is 2.32 bits per heavy atom. The summed E-state index contributed by atoms with van der Waals surface area (Å²) in [6.45, 7) is 6.18. The first-order valence-electron chi connectivity index (χ1n) is 6.45. The molecule has 0 radical (unpaired) electrons. The van der Waals surface area contributed by atoms with E-state index >= 15 is 0 Å². The lowest BCUT2D eigenvalue weighted by atomic mass is 10.1. The number of aromatic nitrogens is 1. The fraction of sp³-hybridized carbons (Fsp3) is 0.692. The number of thiazole rings is 1. The Balaban J connectivity index is 2.08. The summed E-state index contributed by atoms with van der Waals surface area (Å²) in [5, 5.41) is 5.50. The molecule has 0 aliphatic rings. The molecule has 1 aromatic rings. The number of nitrogens with one attached hydrogen (secondary N) is 1. The molecule has 1 aromatic heterocycles. The second-order valence-corrected chi connectivity index (χ2v) is 5.90. The van der Waals surface area contributed by atoms with E-state index in [9.17, 15) is 4.79 Å². The third-order valence-corrected chi connectivity index (χ3v) is 3.63. The molecular formula is C13H21ClN2O2S. The van der Waals surface area contributed by atoms with Gasteiger partial charge in [-0.15, -0.1) is 22.9 Å². The fourth-order valence-electron chi connectivity index (χ4n) is 1.38. The largest absolute Gasteiger partial charge is 0.380 e. The minimum absolute atomic E-state index is 0.0251. The predicted molar refractivity (Wildman–Crippen MR) is 78.7 cm³/mol. The Morgan fingerprint density at radius 1 is 1.53 bits per heavy atom. The third-order valence-electron chi connectivity index (χ3n) is 2.46. The van der Waals surface area contributed by atoms with Gasteiger partial charge in [0.2, 0.25) is 5.91 Å². The zero-order valence-electron chi connectivity index (χ0n) is 11.4. The summed E-state index contributed by atoms with van der Waals surface area (Å²) in [5.74, 6) is 1.01. The summed E-state index contributed by atoms with van der Waals surface area (Å²) in [6.07, 6.45) is 1.36. The monoisotopic (exact) mass is 304 g/mol. The number of carbonyl (C=O) groups excluding carboxylic acids is 1. The Morgan fingerprint density at radius 3 is 2.95 bits per heavy atom. The van der Waals surface area contributed by atoms with Crippen LogP contribution in [-0.2, 0) is 21.8 Å². The quantitative estimate of drug-likeness (QED) is 0.563. The topological polar surface area (TPSA) is 51.2 Å². The number of hydrogen-bond donors (Lipinski definition) is 1. The number of rotatable bonds is 9. The van der Waals surface area contributed by atoms with Crippen LogP contribution in [0.25, 0.3) is 0 Å². The number of carbonyl (C=O) groups is 1. The van der Waals surface area contributed by atoms with Crippen LogP contribution in [-0.4, -0.2) is 30.6 Å². The molecule has 0 bridgehead atoms. The number of amides is 1. The number of halogens is 1. The molecule has 6 heteroatoms. The van der Waals surface area contributed by atoms with Gasteiger partial charge in [0.1, 0.15) is 5.01 Å². The minimum atomic E-state index is -0.0251. The molecule has 0 saturated heterocycles. The Hall–Kier alpha value is -0.650. The van der Waals surface area contributed by atoms with Crippen molar-refractivity contribution in [2.24, 2.45) is 5.92 Å². The van der Waals surface area contributed by atoms with Crippen LogP contribution in [0.2, 0.25) is 0 Å². The van der Waals surface area contributed by atoms with Crippen LogP contribution in [0.15, 0.2) is 5.38 Å². The van der Waals surface area contributed by atoms with Crippen molar-refractivity contribution < 1.29 is 9.53 Å². The van der Waals surface area contributed by atoms with E-state index in [1.54, 1.807) is 0 Å². The first kappa shape index (κ1) is 16.4. The van der Waals surface area contributed by atoms with E-state index in [1.807, 2.05) is 5.38 Å². The highest BCUT2D eigenvalue weighted by molar-refractivity contribution is 7.09. The van der Waals surface area contributed by atoms with E-state index in [1.165, 1.54) is 11.3 Å². The third kappa shape index (κ3) is 7.50. The van der Waals surface area contributed by atoms with Crippen LogP contribution in [0.1, 0.15) is 31.0 Å². The summed E-state index contributed by atoms with van der Waals surface area (Å²) in [6, 6.07) is 0. The van der Waals surface area contributed by atoms with Gasteiger partial charge in [-0.3, -0.25) is 4.79 Å². The minimum Gasteiger partial charge on any atom is -0.380 e. The fourth-order valence-corrected chi connectivity index (χ4v) is 2.40. The lowest BCUT2D eigenvalue weighted by Crippen LogP contribution is -2.28. The molecule has 0 spiro atoms. The van der Waals surface area contributed by atoms with Gasteiger partial charge >= 0.3 is 0 Å². The molecule has 0 unspecified atom stereocenters. The van der Waals surface area contributed by atoms with Crippen LogP contribution in [0, 0.1) is 5.92 Å². The van der Waals surface area contributed by atoms with E-state index in [2.05, 4.69) is 24.1 Å². The normalized spacial score (nSPS) is 10.9. The molecule has 1 N–H and O–H groups in total. The van der Waals surface area contributed by atoms with Crippen molar-refractivity contribution in [1.29, 1.82) is 0 Å². The maximum atomic E-state index is 11.6. The maximum absolute atomic E-state index is 11.6. The highest BCUT2D eigenvalue weighted by atomic mass is 35.5. The van der Waals surface area contributed by atoms with Crippen molar-refractivity contribution in [3.63, 3.8) is 0 Å². The number of alkyl halides is 1. The molecule has 0 aromatic carbocycles. The molecule has 108 valence electrons. The summed E-state index contributed by atoms with van der Waals surface area (Å²) >= 11 is 7.12. The second-order valence-electron chi connectivity index (χ2n) is 4.69. The Kier molecular flexibility index (Phi) is 8.02. The summed E-state index contributed by atoms with van der Waals surface area (Å²) in [5.41, 5.74) is 0.825. The molecule has 4 nitrogen and oxygen atoms in total. The maximum Gasteiger partial charge on any atom is 0.226 e. The lowest BCUT2D eigenvalue weighted by molar-refractivity contribution is -0.120. The summed E-state index contributed by atoms with van der Waals surface area (Å²) < 4.78 is 5.42. The molecule has 0 aliphatic heterocycles. The van der Waals surface area contributed by atoms with Gasteiger partial charge in [0.15, 0.2) is 0 Å². The highest BCUT2D eigenvalue weighted by Crippen LogP contribution is 2.11. The lowest BCUT2D eigenvalue weighted by Gasteiger charge is -2.07. The second kappa shape index (κ2) is 9.28. The van der Waals surface area contributed by atoms with Gasteiger partial charge in [-0.25, -0.2) is 4.98 Å². The van der Waals surface area contributed by atoms with Crippen LogP contribution in [0.5, 0.6) is 0 Å². The molecule has 0 fully saturated rings. The van der Waals surface area contributed by atoms with Crippen molar-refractivity contribution in [3.05, 3.63) is 16.1 Å². The van der Waals surface area contributed by atoms with Gasteiger partial charge < -0.3 is 10.1 Å². The predicted octanol–water partition coefficient (Wildman–Crippen LogP) is 2.60. The van der Waals surface area contributed by atoms with Gasteiger partial charge in [-0.2, -0.15) is 0 Å². The molecule has 0 aliphatic carbocycles. The average Bonchev–Trinajstić information content (AvgIpc) is 2.81. The smallest absolute Gasteiger partial charge is 0.226 e. The van der Waals surface area contributed by atoms with Gasteiger partial charge in [-0.05, 0) is 12.3 Å². The molecular weight excluding hydrogens is 284 g/mol. The Labute approximate surface area is 123 Å². The van der Waals surface area contributed by atoms with E-state index in [4.69, 9.17) is 16.3 Å². The number of nitrogens with zero attached hydrogens (tertiary/aromatic N) is 1. The SMILES string of the molecule is CC(C)CCOCCNC(=O)Cc1nc(CCl)cs1. The molecule has 1 heterocycles. The Bertz CT molecular complexity index is 382. The summed E-state index contributed by atoms with van der Waals surface area (Å²) in [4.78, 5) is 15.9. The standard InChI is InChI=1S/C13H21ClN2O2S/c1-10(2)3-5-18-6-4-15-12(17)7-13-16-11(8-14)9-19-13/h9-10H,3-8H2,1-2H3,(H,15,17).